The fraction of sp³-hybridized carbons (Fsp3) is 0.500. The van der Waals surface area contributed by atoms with E-state index in [2.05, 4.69) is 9.88 Å². The Balaban J connectivity index is 1.29. The Hall–Kier alpha value is -1.43. The highest BCUT2D eigenvalue weighted by molar-refractivity contribution is 7.09. The number of hydrogen-bond acceptors (Lipinski definition) is 5. The molecule has 23 heavy (non-hydrogen) atoms. The summed E-state index contributed by atoms with van der Waals surface area (Å²) < 4.78 is 12.3. The number of likely N-dealkylation sites (tertiary alicyclic amines) is 1. The van der Waals surface area contributed by atoms with Gasteiger partial charge < -0.3 is 9.47 Å². The van der Waals surface area contributed by atoms with E-state index < -0.39 is 0 Å². The molecule has 0 amide bonds. The lowest BCUT2D eigenvalue weighted by Gasteiger charge is -2.38. The lowest BCUT2D eigenvalue weighted by Crippen LogP contribution is -2.44. The Bertz CT molecular complexity index is 609. The Morgan fingerprint density at radius 1 is 1.26 bits per heavy atom. The summed E-state index contributed by atoms with van der Waals surface area (Å²) in [5.41, 5.74) is 0.0266. The van der Waals surface area contributed by atoms with Crippen LogP contribution in [-0.4, -0.2) is 41.3 Å². The SMILES string of the molecule is c1ccc(O[C@@H]2COC3(CCN(Cc4nccs4)CC3)C2)cc1. The number of aromatic nitrogens is 1. The number of ether oxygens (including phenoxy) is 2. The minimum Gasteiger partial charge on any atom is -0.488 e. The van der Waals surface area contributed by atoms with Crippen LogP contribution in [0.25, 0.3) is 0 Å². The van der Waals surface area contributed by atoms with Crippen molar-refractivity contribution in [3.05, 3.63) is 46.9 Å². The molecule has 1 spiro atoms. The number of thiazole rings is 1. The van der Waals surface area contributed by atoms with Crippen molar-refractivity contribution in [2.45, 2.75) is 37.5 Å². The lowest BCUT2D eigenvalue weighted by atomic mass is 9.88. The maximum Gasteiger partial charge on any atom is 0.125 e. The predicted molar refractivity (Wildman–Crippen MR) is 90.8 cm³/mol. The van der Waals surface area contributed by atoms with Gasteiger partial charge in [0.15, 0.2) is 0 Å². The second-order valence-corrected chi connectivity index (χ2v) is 7.43. The first-order valence-electron chi connectivity index (χ1n) is 8.28. The van der Waals surface area contributed by atoms with Crippen LogP contribution >= 0.6 is 11.3 Å². The van der Waals surface area contributed by atoms with Gasteiger partial charge >= 0.3 is 0 Å². The van der Waals surface area contributed by atoms with Crippen molar-refractivity contribution in [1.29, 1.82) is 0 Å². The van der Waals surface area contributed by atoms with E-state index in [9.17, 15) is 0 Å². The minimum atomic E-state index is 0.0266. The van der Waals surface area contributed by atoms with Crippen LogP contribution in [0, 0.1) is 0 Å². The number of hydrogen-bond donors (Lipinski definition) is 0. The molecule has 0 radical (unpaired) electrons. The van der Waals surface area contributed by atoms with Gasteiger partial charge in [-0.05, 0) is 25.0 Å². The largest absolute Gasteiger partial charge is 0.488 e. The summed E-state index contributed by atoms with van der Waals surface area (Å²) in [6.45, 7) is 3.84. The molecule has 1 aromatic carbocycles. The molecule has 2 aromatic rings. The van der Waals surface area contributed by atoms with Crippen molar-refractivity contribution in [1.82, 2.24) is 9.88 Å². The van der Waals surface area contributed by atoms with Gasteiger partial charge in [0.25, 0.3) is 0 Å². The second-order valence-electron chi connectivity index (χ2n) is 6.45. The molecule has 0 bridgehead atoms. The summed E-state index contributed by atoms with van der Waals surface area (Å²) in [7, 11) is 0. The summed E-state index contributed by atoms with van der Waals surface area (Å²) in [4.78, 5) is 6.87. The molecule has 5 heteroatoms. The molecule has 1 aromatic heterocycles. The third-order valence-electron chi connectivity index (χ3n) is 4.83. The van der Waals surface area contributed by atoms with E-state index in [1.165, 1.54) is 5.01 Å². The van der Waals surface area contributed by atoms with Gasteiger partial charge in [0.2, 0.25) is 0 Å². The summed E-state index contributed by atoms with van der Waals surface area (Å²) in [6.07, 6.45) is 5.26. The van der Waals surface area contributed by atoms with Crippen molar-refractivity contribution in [2.24, 2.45) is 0 Å². The molecule has 2 saturated heterocycles. The molecular formula is C18H22N2O2S. The van der Waals surface area contributed by atoms with Crippen LogP contribution in [-0.2, 0) is 11.3 Å². The zero-order valence-corrected chi connectivity index (χ0v) is 14.0. The Kier molecular flexibility index (Phi) is 4.33. The monoisotopic (exact) mass is 330 g/mol. The van der Waals surface area contributed by atoms with Crippen LogP contribution in [0.3, 0.4) is 0 Å². The zero-order chi connectivity index (χ0) is 15.5. The highest BCUT2D eigenvalue weighted by Crippen LogP contribution is 2.37. The summed E-state index contributed by atoms with van der Waals surface area (Å²) >= 11 is 1.74. The standard InChI is InChI=1S/C18H22N2O2S/c1-2-4-15(5-3-1)22-16-12-18(21-14-16)6-9-20(10-7-18)13-17-19-8-11-23-17/h1-5,8,11,16H,6-7,9-10,12-14H2/t16-/m0/s1. The lowest BCUT2D eigenvalue weighted by molar-refractivity contribution is -0.0454. The van der Waals surface area contributed by atoms with E-state index in [1.807, 2.05) is 41.9 Å². The third kappa shape index (κ3) is 3.57. The number of nitrogens with zero attached hydrogens (tertiary/aromatic N) is 2. The van der Waals surface area contributed by atoms with Crippen molar-refractivity contribution < 1.29 is 9.47 Å². The van der Waals surface area contributed by atoms with Gasteiger partial charge in [-0.25, -0.2) is 4.98 Å². The minimum absolute atomic E-state index is 0.0266. The number of para-hydroxylation sites is 1. The molecular weight excluding hydrogens is 308 g/mol. The summed E-state index contributed by atoms with van der Waals surface area (Å²) in [6, 6.07) is 10.1. The van der Waals surface area contributed by atoms with E-state index in [0.717, 1.165) is 44.6 Å². The van der Waals surface area contributed by atoms with Crippen molar-refractivity contribution in [2.75, 3.05) is 19.7 Å². The van der Waals surface area contributed by atoms with E-state index >= 15 is 0 Å². The van der Waals surface area contributed by atoms with Crippen LogP contribution in [0.15, 0.2) is 41.9 Å². The first kappa shape index (κ1) is 15.1. The normalized spacial score (nSPS) is 24.1. The van der Waals surface area contributed by atoms with Crippen LogP contribution < -0.4 is 4.74 Å². The molecule has 0 unspecified atom stereocenters. The number of rotatable bonds is 4. The van der Waals surface area contributed by atoms with Crippen molar-refractivity contribution in [3.63, 3.8) is 0 Å². The third-order valence-corrected chi connectivity index (χ3v) is 5.60. The summed E-state index contributed by atoms with van der Waals surface area (Å²) in [5, 5.41) is 3.26. The van der Waals surface area contributed by atoms with E-state index in [4.69, 9.17) is 9.47 Å². The molecule has 0 saturated carbocycles. The van der Waals surface area contributed by atoms with E-state index in [1.54, 1.807) is 11.3 Å². The van der Waals surface area contributed by atoms with E-state index in [0.29, 0.717) is 6.61 Å². The molecule has 2 aliphatic rings. The molecule has 0 N–H and O–H groups in total. The molecule has 0 aliphatic carbocycles. The maximum absolute atomic E-state index is 6.19. The fourth-order valence-electron chi connectivity index (χ4n) is 3.56. The molecule has 3 heterocycles. The highest BCUT2D eigenvalue weighted by atomic mass is 32.1. The van der Waals surface area contributed by atoms with Gasteiger partial charge in [0.05, 0.1) is 18.8 Å². The predicted octanol–water partition coefficient (Wildman–Crippen LogP) is 3.35. The molecule has 2 fully saturated rings. The first-order valence-corrected chi connectivity index (χ1v) is 9.16. The maximum atomic E-state index is 6.19. The summed E-state index contributed by atoms with van der Waals surface area (Å²) in [5.74, 6) is 0.944. The number of benzene rings is 1. The molecule has 1 atom stereocenters. The van der Waals surface area contributed by atoms with Gasteiger partial charge in [-0.1, -0.05) is 18.2 Å². The van der Waals surface area contributed by atoms with Crippen LogP contribution in [0.2, 0.25) is 0 Å². The number of piperidine rings is 1. The first-order chi connectivity index (χ1) is 11.3. The highest BCUT2D eigenvalue weighted by Gasteiger charge is 2.43. The zero-order valence-electron chi connectivity index (χ0n) is 13.2. The van der Waals surface area contributed by atoms with Gasteiger partial charge in [0.1, 0.15) is 16.9 Å². The van der Waals surface area contributed by atoms with Crippen LogP contribution in [0.4, 0.5) is 0 Å². The fourth-order valence-corrected chi connectivity index (χ4v) is 4.22. The van der Waals surface area contributed by atoms with Crippen LogP contribution in [0.5, 0.6) is 5.75 Å². The van der Waals surface area contributed by atoms with Gasteiger partial charge in [-0.15, -0.1) is 11.3 Å². The van der Waals surface area contributed by atoms with Gasteiger partial charge in [-0.2, -0.15) is 0 Å². The smallest absolute Gasteiger partial charge is 0.125 e. The Morgan fingerprint density at radius 2 is 2.09 bits per heavy atom. The van der Waals surface area contributed by atoms with E-state index in [-0.39, 0.29) is 11.7 Å². The second kappa shape index (κ2) is 6.59. The molecule has 4 nitrogen and oxygen atoms in total. The van der Waals surface area contributed by atoms with Crippen LogP contribution in [0.1, 0.15) is 24.3 Å². The molecule has 2 aliphatic heterocycles. The van der Waals surface area contributed by atoms with Gasteiger partial charge in [0, 0.05) is 31.1 Å². The van der Waals surface area contributed by atoms with Crippen molar-refractivity contribution >= 4 is 11.3 Å². The Labute approximate surface area is 141 Å². The Morgan fingerprint density at radius 3 is 2.83 bits per heavy atom. The molecule has 122 valence electrons. The molecule has 4 rings (SSSR count). The topological polar surface area (TPSA) is 34.6 Å². The van der Waals surface area contributed by atoms with Crippen molar-refractivity contribution in [3.8, 4) is 5.75 Å². The van der Waals surface area contributed by atoms with Gasteiger partial charge in [-0.3, -0.25) is 4.90 Å². The quantitative estimate of drug-likeness (QED) is 0.861. The average Bonchev–Trinajstić information content (AvgIpc) is 3.22. The average molecular weight is 330 g/mol.